The molecule has 1 aliphatic heterocycles. The van der Waals surface area contributed by atoms with Gasteiger partial charge in [0.15, 0.2) is 0 Å². The average Bonchev–Trinajstić information content (AvgIpc) is 2.75. The maximum atomic E-state index is 11.8. The highest BCUT2D eigenvalue weighted by molar-refractivity contribution is 8.00. The fourth-order valence-electron chi connectivity index (χ4n) is 1.74. The maximum Gasteiger partial charge on any atom is 0.233 e. The van der Waals surface area contributed by atoms with Crippen LogP contribution in [0.2, 0.25) is 5.02 Å². The van der Waals surface area contributed by atoms with Gasteiger partial charge in [0.2, 0.25) is 5.91 Å². The lowest BCUT2D eigenvalue weighted by Crippen LogP contribution is -2.30. The Morgan fingerprint density at radius 3 is 2.76 bits per heavy atom. The Hall–Kier alpha value is -0.710. The molecular formula is C12H14ClNO2S. The highest BCUT2D eigenvalue weighted by atomic mass is 35.5. The van der Waals surface area contributed by atoms with E-state index in [1.54, 1.807) is 4.90 Å². The minimum absolute atomic E-state index is 0.0847. The quantitative estimate of drug-likeness (QED) is 0.855. The van der Waals surface area contributed by atoms with Gasteiger partial charge in [-0.15, -0.1) is 11.8 Å². The van der Waals surface area contributed by atoms with Crippen molar-refractivity contribution in [3.05, 3.63) is 29.3 Å². The lowest BCUT2D eigenvalue weighted by atomic mass is 10.3. The van der Waals surface area contributed by atoms with Crippen LogP contribution in [0.15, 0.2) is 29.2 Å². The number of benzene rings is 1. The van der Waals surface area contributed by atoms with Gasteiger partial charge in [-0.1, -0.05) is 11.6 Å². The number of carbonyl (C=O) groups excluding carboxylic acids is 1. The molecule has 1 N–H and O–H groups in total. The second kappa shape index (κ2) is 5.76. The van der Waals surface area contributed by atoms with Crippen molar-refractivity contribution >= 4 is 29.3 Å². The molecule has 1 amide bonds. The summed E-state index contributed by atoms with van der Waals surface area (Å²) < 4.78 is 0. The molecule has 1 heterocycles. The van der Waals surface area contributed by atoms with Gasteiger partial charge in [-0.2, -0.15) is 0 Å². The van der Waals surface area contributed by atoms with Crippen molar-refractivity contribution in [2.45, 2.75) is 17.4 Å². The van der Waals surface area contributed by atoms with Crippen LogP contribution in [0, 0.1) is 0 Å². The standard InChI is InChI=1S/C12H14ClNO2S/c13-9-1-3-11(4-2-9)17-8-12(16)14-6-5-10(15)7-14/h1-4,10,15H,5-8H2/t10-/m1/s1. The summed E-state index contributed by atoms with van der Waals surface area (Å²) in [7, 11) is 0. The normalized spacial score (nSPS) is 19.6. The molecule has 0 spiro atoms. The van der Waals surface area contributed by atoms with E-state index in [2.05, 4.69) is 0 Å². The Labute approximate surface area is 110 Å². The van der Waals surface area contributed by atoms with Gasteiger partial charge in [-0.25, -0.2) is 0 Å². The first-order valence-electron chi connectivity index (χ1n) is 5.49. The third-order valence-corrected chi connectivity index (χ3v) is 3.94. The monoisotopic (exact) mass is 271 g/mol. The van der Waals surface area contributed by atoms with Gasteiger partial charge in [0.05, 0.1) is 11.9 Å². The third kappa shape index (κ3) is 3.63. The lowest BCUT2D eigenvalue weighted by molar-refractivity contribution is -0.127. The minimum Gasteiger partial charge on any atom is -0.391 e. The second-order valence-electron chi connectivity index (χ2n) is 4.02. The average molecular weight is 272 g/mol. The SMILES string of the molecule is O=C(CSc1ccc(Cl)cc1)N1CC[C@@H](O)C1. The van der Waals surface area contributed by atoms with E-state index in [1.165, 1.54) is 11.8 Å². The van der Waals surface area contributed by atoms with Gasteiger partial charge in [0, 0.05) is 23.0 Å². The van der Waals surface area contributed by atoms with E-state index in [1.807, 2.05) is 24.3 Å². The zero-order chi connectivity index (χ0) is 12.3. The molecule has 0 unspecified atom stereocenters. The lowest BCUT2D eigenvalue weighted by Gasteiger charge is -2.14. The molecule has 1 aromatic rings. The van der Waals surface area contributed by atoms with E-state index < -0.39 is 0 Å². The topological polar surface area (TPSA) is 40.5 Å². The molecule has 0 radical (unpaired) electrons. The first-order valence-corrected chi connectivity index (χ1v) is 6.86. The van der Waals surface area contributed by atoms with Gasteiger partial charge < -0.3 is 10.0 Å². The van der Waals surface area contributed by atoms with E-state index in [0.29, 0.717) is 30.3 Å². The number of aliphatic hydroxyl groups is 1. The number of carbonyl (C=O) groups is 1. The number of aliphatic hydroxyl groups excluding tert-OH is 1. The first kappa shape index (κ1) is 12.7. The van der Waals surface area contributed by atoms with Crippen LogP contribution in [0.1, 0.15) is 6.42 Å². The largest absolute Gasteiger partial charge is 0.391 e. The van der Waals surface area contributed by atoms with Crippen LogP contribution in [0.5, 0.6) is 0 Å². The Bertz CT molecular complexity index is 396. The van der Waals surface area contributed by atoms with E-state index in [4.69, 9.17) is 11.6 Å². The van der Waals surface area contributed by atoms with E-state index >= 15 is 0 Å². The Balaban J connectivity index is 1.82. The molecule has 0 saturated carbocycles. The third-order valence-electron chi connectivity index (χ3n) is 2.69. The van der Waals surface area contributed by atoms with Crippen molar-refractivity contribution in [2.24, 2.45) is 0 Å². The summed E-state index contributed by atoms with van der Waals surface area (Å²) in [5.41, 5.74) is 0. The Kier molecular flexibility index (Phi) is 4.31. The minimum atomic E-state index is -0.348. The van der Waals surface area contributed by atoms with Crippen LogP contribution in [0.4, 0.5) is 0 Å². The van der Waals surface area contributed by atoms with Gasteiger partial charge in [-0.3, -0.25) is 4.79 Å². The summed E-state index contributed by atoms with van der Waals surface area (Å²) in [6.45, 7) is 1.14. The molecule has 1 atom stereocenters. The zero-order valence-electron chi connectivity index (χ0n) is 9.30. The predicted octanol–water partition coefficient (Wildman–Crippen LogP) is 2.03. The number of amides is 1. The summed E-state index contributed by atoms with van der Waals surface area (Å²) in [5.74, 6) is 0.496. The maximum absolute atomic E-state index is 11.8. The molecule has 0 aromatic heterocycles. The summed E-state index contributed by atoms with van der Waals surface area (Å²) >= 11 is 7.28. The van der Waals surface area contributed by atoms with Crippen LogP contribution in [-0.4, -0.2) is 40.9 Å². The van der Waals surface area contributed by atoms with Crippen molar-refractivity contribution in [3.63, 3.8) is 0 Å². The predicted molar refractivity (Wildman–Crippen MR) is 69.4 cm³/mol. The van der Waals surface area contributed by atoms with E-state index in [0.717, 1.165) is 4.90 Å². The molecule has 1 aromatic carbocycles. The van der Waals surface area contributed by atoms with Crippen LogP contribution in [-0.2, 0) is 4.79 Å². The number of likely N-dealkylation sites (tertiary alicyclic amines) is 1. The van der Waals surface area contributed by atoms with Crippen LogP contribution >= 0.6 is 23.4 Å². The van der Waals surface area contributed by atoms with Crippen molar-refractivity contribution in [2.75, 3.05) is 18.8 Å². The number of hydrogen-bond donors (Lipinski definition) is 1. The molecule has 5 heteroatoms. The summed E-state index contributed by atoms with van der Waals surface area (Å²) in [6, 6.07) is 7.43. The fraction of sp³-hybridized carbons (Fsp3) is 0.417. The fourth-order valence-corrected chi connectivity index (χ4v) is 2.66. The zero-order valence-corrected chi connectivity index (χ0v) is 10.9. The van der Waals surface area contributed by atoms with Crippen LogP contribution < -0.4 is 0 Å². The molecule has 1 fully saturated rings. The number of halogens is 1. The molecule has 3 nitrogen and oxygen atoms in total. The first-order chi connectivity index (χ1) is 8.15. The highest BCUT2D eigenvalue weighted by Crippen LogP contribution is 2.21. The molecular weight excluding hydrogens is 258 g/mol. The number of rotatable bonds is 3. The van der Waals surface area contributed by atoms with Gasteiger partial charge in [0.25, 0.3) is 0 Å². The number of nitrogens with zero attached hydrogens (tertiary/aromatic N) is 1. The molecule has 1 saturated heterocycles. The molecule has 92 valence electrons. The van der Waals surface area contributed by atoms with Crippen molar-refractivity contribution in [1.29, 1.82) is 0 Å². The Morgan fingerprint density at radius 1 is 1.47 bits per heavy atom. The van der Waals surface area contributed by atoms with Gasteiger partial charge in [0.1, 0.15) is 0 Å². The number of thioether (sulfide) groups is 1. The van der Waals surface area contributed by atoms with E-state index in [9.17, 15) is 9.90 Å². The highest BCUT2D eigenvalue weighted by Gasteiger charge is 2.24. The molecule has 17 heavy (non-hydrogen) atoms. The molecule has 0 aliphatic carbocycles. The summed E-state index contributed by atoms with van der Waals surface area (Å²) in [5, 5.41) is 10.0. The molecule has 0 bridgehead atoms. The smallest absolute Gasteiger partial charge is 0.233 e. The van der Waals surface area contributed by atoms with E-state index in [-0.39, 0.29) is 12.0 Å². The summed E-state index contributed by atoms with van der Waals surface area (Å²) in [6.07, 6.45) is 0.344. The van der Waals surface area contributed by atoms with Crippen molar-refractivity contribution < 1.29 is 9.90 Å². The number of β-amino-alcohol motifs (C(OH)–C–C–N with tert-alkyl or cyclic N) is 1. The molecule has 1 aliphatic rings. The second-order valence-corrected chi connectivity index (χ2v) is 5.51. The van der Waals surface area contributed by atoms with Crippen LogP contribution in [0.25, 0.3) is 0 Å². The molecule has 2 rings (SSSR count). The van der Waals surface area contributed by atoms with Gasteiger partial charge >= 0.3 is 0 Å². The van der Waals surface area contributed by atoms with Gasteiger partial charge in [-0.05, 0) is 30.7 Å². The summed E-state index contributed by atoms with van der Waals surface area (Å²) in [4.78, 5) is 14.5. The number of hydrogen-bond acceptors (Lipinski definition) is 3. The van der Waals surface area contributed by atoms with Crippen LogP contribution in [0.3, 0.4) is 0 Å². The van der Waals surface area contributed by atoms with Crippen molar-refractivity contribution in [1.82, 2.24) is 4.90 Å². The Morgan fingerprint density at radius 2 is 2.18 bits per heavy atom. The van der Waals surface area contributed by atoms with Crippen molar-refractivity contribution in [3.8, 4) is 0 Å².